The number of rotatable bonds is 10. The lowest BCUT2D eigenvalue weighted by atomic mass is 9.97. The Bertz CT molecular complexity index is 729. The molecule has 1 amide bonds. The zero-order valence-electron chi connectivity index (χ0n) is 17.2. The van der Waals surface area contributed by atoms with Crippen molar-refractivity contribution in [2.75, 3.05) is 40.3 Å². The molecule has 2 rings (SSSR count). The van der Waals surface area contributed by atoms with Gasteiger partial charge in [0.2, 0.25) is 5.91 Å². The lowest BCUT2D eigenvalue weighted by molar-refractivity contribution is -0.126. The van der Waals surface area contributed by atoms with Crippen LogP contribution in [0.25, 0.3) is 0 Å². The van der Waals surface area contributed by atoms with Crippen LogP contribution < -0.4 is 10.1 Å². The summed E-state index contributed by atoms with van der Waals surface area (Å²) in [4.78, 5) is 12.4. The van der Waals surface area contributed by atoms with E-state index in [-0.39, 0.29) is 11.8 Å². The molecule has 0 unspecified atom stereocenters. The Morgan fingerprint density at radius 3 is 2.57 bits per heavy atom. The number of benzene rings is 1. The summed E-state index contributed by atoms with van der Waals surface area (Å²) in [6.45, 7) is 4.17. The monoisotopic (exact) mass is 411 g/mol. The Balaban J connectivity index is 1.73. The van der Waals surface area contributed by atoms with Crippen molar-refractivity contribution < 1.29 is 17.9 Å². The van der Waals surface area contributed by atoms with E-state index in [1.54, 1.807) is 0 Å². The third-order valence-electron chi connectivity index (χ3n) is 4.97. The van der Waals surface area contributed by atoms with E-state index in [4.69, 9.17) is 4.74 Å². The highest BCUT2D eigenvalue weighted by Crippen LogP contribution is 2.21. The normalized spacial score (nSPS) is 16.3. The smallest absolute Gasteiger partial charge is 0.281 e. The van der Waals surface area contributed by atoms with Gasteiger partial charge in [-0.1, -0.05) is 25.1 Å². The SMILES string of the molecule is CCCOc1ccccc1CCCNC(=O)C1CCN(S(=O)(=O)N(C)C)CC1. The molecule has 0 radical (unpaired) electrons. The number of carbonyl (C=O) groups is 1. The number of piperidine rings is 1. The summed E-state index contributed by atoms with van der Waals surface area (Å²) in [5.41, 5.74) is 1.16. The largest absolute Gasteiger partial charge is 0.493 e. The fraction of sp³-hybridized carbons (Fsp3) is 0.650. The van der Waals surface area contributed by atoms with Gasteiger partial charge in [0, 0.05) is 39.6 Å². The van der Waals surface area contributed by atoms with Gasteiger partial charge in [0.05, 0.1) is 6.61 Å². The molecule has 1 aromatic carbocycles. The van der Waals surface area contributed by atoms with Crippen LogP contribution in [0, 0.1) is 5.92 Å². The average Bonchev–Trinajstić information content (AvgIpc) is 2.70. The molecule has 0 aromatic heterocycles. The van der Waals surface area contributed by atoms with Crippen LogP contribution in [0.1, 0.15) is 38.2 Å². The van der Waals surface area contributed by atoms with E-state index in [1.807, 2.05) is 18.2 Å². The summed E-state index contributed by atoms with van der Waals surface area (Å²) in [6, 6.07) is 8.02. The number of ether oxygens (including phenoxy) is 1. The van der Waals surface area contributed by atoms with Crippen LogP contribution in [0.3, 0.4) is 0 Å². The van der Waals surface area contributed by atoms with Crippen molar-refractivity contribution in [3.63, 3.8) is 0 Å². The number of hydrogen-bond acceptors (Lipinski definition) is 4. The zero-order valence-corrected chi connectivity index (χ0v) is 18.0. The first-order valence-corrected chi connectivity index (χ1v) is 11.4. The zero-order chi connectivity index (χ0) is 20.6. The number of para-hydroxylation sites is 1. The van der Waals surface area contributed by atoms with Crippen molar-refractivity contribution in [2.45, 2.75) is 39.0 Å². The van der Waals surface area contributed by atoms with E-state index in [9.17, 15) is 13.2 Å². The third kappa shape index (κ3) is 6.18. The van der Waals surface area contributed by atoms with Crippen LogP contribution in [0.5, 0.6) is 5.75 Å². The van der Waals surface area contributed by atoms with Gasteiger partial charge in [0.15, 0.2) is 0 Å². The van der Waals surface area contributed by atoms with Crippen LogP contribution in [-0.2, 0) is 21.4 Å². The molecular weight excluding hydrogens is 378 g/mol. The number of aryl methyl sites for hydroxylation is 1. The third-order valence-corrected chi connectivity index (χ3v) is 6.91. The minimum Gasteiger partial charge on any atom is -0.493 e. The topological polar surface area (TPSA) is 79.0 Å². The molecule has 1 fully saturated rings. The Morgan fingerprint density at radius 2 is 1.93 bits per heavy atom. The summed E-state index contributed by atoms with van der Waals surface area (Å²) in [6.07, 6.45) is 3.78. The van der Waals surface area contributed by atoms with Crippen molar-refractivity contribution >= 4 is 16.1 Å². The first-order chi connectivity index (χ1) is 13.4. The Morgan fingerprint density at radius 1 is 1.25 bits per heavy atom. The maximum atomic E-state index is 12.4. The van der Waals surface area contributed by atoms with Gasteiger partial charge in [0.1, 0.15) is 5.75 Å². The summed E-state index contributed by atoms with van der Waals surface area (Å²) >= 11 is 0. The fourth-order valence-electron chi connectivity index (χ4n) is 3.28. The average molecular weight is 412 g/mol. The van der Waals surface area contributed by atoms with Crippen molar-refractivity contribution in [2.24, 2.45) is 5.92 Å². The maximum absolute atomic E-state index is 12.4. The highest BCUT2D eigenvalue weighted by Gasteiger charge is 2.31. The molecule has 1 heterocycles. The van der Waals surface area contributed by atoms with E-state index >= 15 is 0 Å². The van der Waals surface area contributed by atoms with Crippen molar-refractivity contribution in [3.8, 4) is 5.75 Å². The van der Waals surface area contributed by atoms with Gasteiger partial charge in [-0.05, 0) is 43.7 Å². The van der Waals surface area contributed by atoms with Crippen LogP contribution in [0.4, 0.5) is 0 Å². The van der Waals surface area contributed by atoms with Gasteiger partial charge in [-0.15, -0.1) is 0 Å². The van der Waals surface area contributed by atoms with E-state index in [0.29, 0.717) is 39.1 Å². The van der Waals surface area contributed by atoms with Gasteiger partial charge in [-0.25, -0.2) is 0 Å². The first kappa shape index (κ1) is 22.6. The van der Waals surface area contributed by atoms with Crippen LogP contribution in [-0.4, -0.2) is 63.3 Å². The predicted octanol–water partition coefficient (Wildman–Crippen LogP) is 2.04. The summed E-state index contributed by atoms with van der Waals surface area (Å²) < 4.78 is 32.7. The highest BCUT2D eigenvalue weighted by atomic mass is 32.2. The quantitative estimate of drug-likeness (QED) is 0.598. The molecule has 0 saturated carbocycles. The molecule has 1 saturated heterocycles. The van der Waals surface area contributed by atoms with E-state index in [1.165, 1.54) is 22.7 Å². The standard InChI is InChI=1S/C20H33N3O4S/c1-4-16-27-19-10-6-5-8-17(19)9-7-13-21-20(24)18-11-14-23(15-12-18)28(25,26)22(2)3/h5-6,8,10,18H,4,7,9,11-16H2,1-3H3,(H,21,24). The minimum absolute atomic E-state index is 0.0254. The number of nitrogens with zero attached hydrogens (tertiary/aromatic N) is 2. The molecule has 0 bridgehead atoms. The van der Waals surface area contributed by atoms with E-state index in [2.05, 4.69) is 18.3 Å². The molecule has 0 spiro atoms. The van der Waals surface area contributed by atoms with Crippen LogP contribution in [0.2, 0.25) is 0 Å². The molecule has 8 heteroatoms. The van der Waals surface area contributed by atoms with E-state index in [0.717, 1.165) is 30.6 Å². The lowest BCUT2D eigenvalue weighted by Gasteiger charge is -2.32. The molecule has 1 aliphatic heterocycles. The second-order valence-electron chi connectivity index (χ2n) is 7.31. The summed E-state index contributed by atoms with van der Waals surface area (Å²) in [5, 5.41) is 3.00. The number of amides is 1. The second kappa shape index (κ2) is 10.8. The molecular formula is C20H33N3O4S. The number of nitrogens with one attached hydrogen (secondary N) is 1. The highest BCUT2D eigenvalue weighted by molar-refractivity contribution is 7.86. The molecule has 1 aliphatic rings. The van der Waals surface area contributed by atoms with Crippen LogP contribution in [0.15, 0.2) is 24.3 Å². The van der Waals surface area contributed by atoms with Crippen molar-refractivity contribution in [3.05, 3.63) is 29.8 Å². The molecule has 0 atom stereocenters. The fourth-order valence-corrected chi connectivity index (χ4v) is 4.41. The summed E-state index contributed by atoms with van der Waals surface area (Å²) in [7, 11) is -0.334. The van der Waals surface area contributed by atoms with Crippen LogP contribution >= 0.6 is 0 Å². The molecule has 7 nitrogen and oxygen atoms in total. The van der Waals surface area contributed by atoms with Gasteiger partial charge in [0.25, 0.3) is 10.2 Å². The Hall–Kier alpha value is -1.64. The molecule has 1 N–H and O–H groups in total. The molecule has 158 valence electrons. The van der Waals surface area contributed by atoms with E-state index < -0.39 is 10.2 Å². The Kier molecular flexibility index (Phi) is 8.72. The maximum Gasteiger partial charge on any atom is 0.281 e. The van der Waals surface area contributed by atoms with Gasteiger partial charge in [-0.3, -0.25) is 4.79 Å². The number of carbonyl (C=O) groups excluding carboxylic acids is 1. The lowest BCUT2D eigenvalue weighted by Crippen LogP contribution is -2.46. The first-order valence-electron chi connectivity index (χ1n) is 10.0. The predicted molar refractivity (Wildman–Crippen MR) is 110 cm³/mol. The molecule has 0 aliphatic carbocycles. The molecule has 28 heavy (non-hydrogen) atoms. The van der Waals surface area contributed by atoms with Gasteiger partial charge in [-0.2, -0.15) is 17.0 Å². The van der Waals surface area contributed by atoms with Crippen molar-refractivity contribution in [1.29, 1.82) is 0 Å². The molecule has 1 aromatic rings. The minimum atomic E-state index is -3.39. The van der Waals surface area contributed by atoms with Crippen molar-refractivity contribution in [1.82, 2.24) is 13.9 Å². The number of hydrogen-bond donors (Lipinski definition) is 1. The summed E-state index contributed by atoms with van der Waals surface area (Å²) in [5.74, 6) is 0.830. The Labute approximate surface area is 169 Å². The van der Waals surface area contributed by atoms with Gasteiger partial charge < -0.3 is 10.1 Å². The second-order valence-corrected chi connectivity index (χ2v) is 9.46. The van der Waals surface area contributed by atoms with Gasteiger partial charge >= 0.3 is 0 Å².